The summed E-state index contributed by atoms with van der Waals surface area (Å²) in [4.78, 5) is 34.5. The predicted molar refractivity (Wildman–Crippen MR) is 83.9 cm³/mol. The second kappa shape index (κ2) is 6.53. The Balaban J connectivity index is 2.60. The van der Waals surface area contributed by atoms with Crippen molar-refractivity contribution < 1.29 is 22.9 Å². The smallest absolute Gasteiger partial charge is 0.281 e. The van der Waals surface area contributed by atoms with Gasteiger partial charge in [0.15, 0.2) is 15.6 Å². The summed E-state index contributed by atoms with van der Waals surface area (Å²) in [6.45, 7) is 1.17. The van der Waals surface area contributed by atoms with E-state index in [0.29, 0.717) is 0 Å². The van der Waals surface area contributed by atoms with E-state index in [9.17, 15) is 28.1 Å². The molecule has 9 nitrogen and oxygen atoms in total. The number of hydrogen-bond donors (Lipinski definition) is 0. The minimum absolute atomic E-state index is 0.119. The molecule has 11 heteroatoms. The normalized spacial score (nSPS) is 12.6. The van der Waals surface area contributed by atoms with Gasteiger partial charge in [0, 0.05) is 12.3 Å². The van der Waals surface area contributed by atoms with Crippen molar-refractivity contribution in [2.75, 3.05) is 6.26 Å². The van der Waals surface area contributed by atoms with Crippen molar-refractivity contribution in [1.29, 1.82) is 0 Å². The summed E-state index contributed by atoms with van der Waals surface area (Å²) in [5.41, 5.74) is 0.293. The Morgan fingerprint density at radius 2 is 2.00 bits per heavy atom. The zero-order chi connectivity index (χ0) is 18.1. The highest BCUT2D eigenvalue weighted by molar-refractivity contribution is 7.90. The van der Waals surface area contributed by atoms with Crippen LogP contribution in [-0.2, 0) is 14.6 Å². The van der Waals surface area contributed by atoms with Crippen LogP contribution in [0, 0.1) is 10.1 Å². The van der Waals surface area contributed by atoms with Gasteiger partial charge in [-0.3, -0.25) is 19.7 Å². The number of Topliss-reactive ketones (excluding diaryl/α,β-unsaturated/α-hetero) is 2. The van der Waals surface area contributed by atoms with E-state index in [2.05, 4.69) is 10.2 Å². The summed E-state index contributed by atoms with van der Waals surface area (Å²) in [5.74, 6) is -2.69. The number of carbonyl (C=O) groups is 2. The third kappa shape index (κ3) is 3.51. The van der Waals surface area contributed by atoms with Crippen LogP contribution in [-0.4, -0.2) is 41.4 Å². The van der Waals surface area contributed by atoms with E-state index in [1.54, 1.807) is 0 Å². The van der Waals surface area contributed by atoms with Crippen LogP contribution in [0.1, 0.15) is 28.2 Å². The van der Waals surface area contributed by atoms with Crippen molar-refractivity contribution >= 4 is 38.4 Å². The van der Waals surface area contributed by atoms with Gasteiger partial charge >= 0.3 is 0 Å². The average Bonchev–Trinajstić information content (AvgIpc) is 2.99. The average molecular weight is 369 g/mol. The summed E-state index contributed by atoms with van der Waals surface area (Å²) in [7, 11) is -3.68. The van der Waals surface area contributed by atoms with Crippen LogP contribution in [0.25, 0.3) is 0 Å². The van der Waals surface area contributed by atoms with E-state index in [4.69, 9.17) is 0 Å². The van der Waals surface area contributed by atoms with Crippen LogP contribution in [0.15, 0.2) is 28.6 Å². The molecular weight excluding hydrogens is 358 g/mol. The molecule has 2 rings (SSSR count). The molecule has 0 aliphatic carbocycles. The first-order valence-electron chi connectivity index (χ1n) is 6.42. The molecular formula is C13H11N3O6S2. The fourth-order valence-electron chi connectivity index (χ4n) is 2.04. The van der Waals surface area contributed by atoms with E-state index >= 15 is 0 Å². The largest absolute Gasteiger partial charge is 0.299 e. The van der Waals surface area contributed by atoms with Crippen molar-refractivity contribution in [3.05, 3.63) is 44.4 Å². The SMILES string of the molecule is CC(=O)C(C(=O)c1ccc(S(C)(=O)=O)cc1[N+](=O)[O-])c1nncs1. The molecule has 0 amide bonds. The third-order valence-corrected chi connectivity index (χ3v) is 5.02. The van der Waals surface area contributed by atoms with Crippen LogP contribution < -0.4 is 0 Å². The number of ketones is 2. The molecule has 0 radical (unpaired) electrons. The van der Waals surface area contributed by atoms with Crippen molar-refractivity contribution in [2.24, 2.45) is 0 Å². The van der Waals surface area contributed by atoms with Crippen LogP contribution in [0.5, 0.6) is 0 Å². The lowest BCUT2D eigenvalue weighted by Crippen LogP contribution is -2.21. The molecule has 0 bridgehead atoms. The van der Waals surface area contributed by atoms with Crippen molar-refractivity contribution in [2.45, 2.75) is 17.7 Å². The lowest BCUT2D eigenvalue weighted by atomic mass is 9.94. The molecule has 1 heterocycles. The number of carbonyl (C=O) groups excluding carboxylic acids is 2. The molecule has 1 aromatic heterocycles. The lowest BCUT2D eigenvalue weighted by Gasteiger charge is -2.10. The number of nitrogens with zero attached hydrogens (tertiary/aromatic N) is 3. The molecule has 0 spiro atoms. The molecule has 1 atom stereocenters. The molecule has 126 valence electrons. The quantitative estimate of drug-likeness (QED) is 0.322. The summed E-state index contributed by atoms with van der Waals surface area (Å²) < 4.78 is 23.1. The molecule has 2 aromatic rings. The van der Waals surface area contributed by atoms with Crippen molar-refractivity contribution in [3.8, 4) is 0 Å². The van der Waals surface area contributed by atoms with Gasteiger partial charge in [-0.2, -0.15) is 0 Å². The zero-order valence-electron chi connectivity index (χ0n) is 12.5. The number of hydrogen-bond acceptors (Lipinski definition) is 9. The fourth-order valence-corrected chi connectivity index (χ4v) is 3.38. The Hall–Kier alpha value is -2.53. The predicted octanol–water partition coefficient (Wildman–Crippen LogP) is 1.41. The van der Waals surface area contributed by atoms with E-state index in [1.165, 1.54) is 12.4 Å². The number of aromatic nitrogens is 2. The Bertz CT molecular complexity index is 921. The number of nitro groups is 1. The molecule has 0 saturated heterocycles. The Labute approximate surface area is 140 Å². The van der Waals surface area contributed by atoms with E-state index in [-0.39, 0.29) is 15.5 Å². The van der Waals surface area contributed by atoms with Crippen molar-refractivity contribution in [3.63, 3.8) is 0 Å². The summed E-state index contributed by atoms with van der Waals surface area (Å²) in [6, 6.07) is 2.93. The van der Waals surface area contributed by atoms with Gasteiger partial charge in [0.25, 0.3) is 5.69 Å². The molecule has 0 aliphatic rings. The van der Waals surface area contributed by atoms with Crippen LogP contribution >= 0.6 is 11.3 Å². The van der Waals surface area contributed by atoms with Gasteiger partial charge < -0.3 is 0 Å². The molecule has 1 unspecified atom stereocenters. The van der Waals surface area contributed by atoms with Gasteiger partial charge in [0.2, 0.25) is 0 Å². The second-order valence-electron chi connectivity index (χ2n) is 4.89. The highest BCUT2D eigenvalue weighted by atomic mass is 32.2. The summed E-state index contributed by atoms with van der Waals surface area (Å²) >= 11 is 0.974. The van der Waals surface area contributed by atoms with Crippen molar-refractivity contribution in [1.82, 2.24) is 10.2 Å². The monoisotopic (exact) mass is 369 g/mol. The minimum Gasteiger partial charge on any atom is -0.299 e. The maximum absolute atomic E-state index is 12.6. The molecule has 0 fully saturated rings. The van der Waals surface area contributed by atoms with Gasteiger partial charge in [-0.1, -0.05) is 0 Å². The first-order chi connectivity index (χ1) is 11.1. The van der Waals surface area contributed by atoms with Gasteiger partial charge in [-0.15, -0.1) is 21.5 Å². The minimum atomic E-state index is -3.68. The van der Waals surface area contributed by atoms with E-state index < -0.39 is 37.9 Å². The molecule has 1 aromatic carbocycles. The first kappa shape index (κ1) is 17.8. The standard InChI is InChI=1S/C13H11N3O6S2/c1-7(17)11(13-15-14-6-23-13)12(18)9-4-3-8(24(2,21)22)5-10(9)16(19)20/h3-6,11H,1-2H3. The lowest BCUT2D eigenvalue weighted by molar-refractivity contribution is -0.385. The molecule has 0 aliphatic heterocycles. The highest BCUT2D eigenvalue weighted by Crippen LogP contribution is 2.30. The number of nitro benzene ring substituents is 1. The summed E-state index contributed by atoms with van der Waals surface area (Å²) in [6.07, 6.45) is 0.896. The van der Waals surface area contributed by atoms with Crippen LogP contribution in [0.2, 0.25) is 0 Å². The molecule has 24 heavy (non-hydrogen) atoms. The molecule has 0 N–H and O–H groups in total. The second-order valence-corrected chi connectivity index (χ2v) is 7.77. The first-order valence-corrected chi connectivity index (χ1v) is 9.19. The van der Waals surface area contributed by atoms with Gasteiger partial charge in [-0.25, -0.2) is 8.42 Å². The topological polar surface area (TPSA) is 137 Å². The summed E-state index contributed by atoms with van der Waals surface area (Å²) in [5, 5.41) is 18.6. The fraction of sp³-hybridized carbons (Fsp3) is 0.231. The number of benzene rings is 1. The molecule has 0 saturated carbocycles. The van der Waals surface area contributed by atoms with E-state index in [1.807, 2.05) is 0 Å². The maximum atomic E-state index is 12.6. The number of sulfone groups is 1. The van der Waals surface area contributed by atoms with E-state index in [0.717, 1.165) is 35.8 Å². The third-order valence-electron chi connectivity index (χ3n) is 3.15. The van der Waals surface area contributed by atoms with Gasteiger partial charge in [0.1, 0.15) is 22.2 Å². The highest BCUT2D eigenvalue weighted by Gasteiger charge is 2.34. The van der Waals surface area contributed by atoms with Gasteiger partial charge in [0.05, 0.1) is 15.4 Å². The Kier molecular flexibility index (Phi) is 4.85. The number of rotatable bonds is 6. The van der Waals surface area contributed by atoms with Crippen LogP contribution in [0.4, 0.5) is 5.69 Å². The van der Waals surface area contributed by atoms with Crippen LogP contribution in [0.3, 0.4) is 0 Å². The Morgan fingerprint density at radius 1 is 1.33 bits per heavy atom. The Morgan fingerprint density at radius 3 is 2.46 bits per heavy atom. The maximum Gasteiger partial charge on any atom is 0.281 e. The zero-order valence-corrected chi connectivity index (χ0v) is 14.1. The van der Waals surface area contributed by atoms with Gasteiger partial charge in [-0.05, 0) is 19.1 Å².